The normalized spacial score (nSPS) is 23.6. The molecule has 5 nitrogen and oxygen atoms in total. The number of aliphatic carboxylic acids is 1. The molecule has 0 saturated heterocycles. The fourth-order valence-corrected chi connectivity index (χ4v) is 2.53. The van der Waals surface area contributed by atoms with Crippen molar-refractivity contribution in [1.29, 1.82) is 0 Å². The molecule has 0 radical (unpaired) electrons. The van der Waals surface area contributed by atoms with Crippen LogP contribution in [0.15, 0.2) is 0 Å². The summed E-state index contributed by atoms with van der Waals surface area (Å²) in [5, 5.41) is 20.6. The van der Waals surface area contributed by atoms with Crippen molar-refractivity contribution >= 4 is 11.9 Å². The van der Waals surface area contributed by atoms with Gasteiger partial charge in [-0.05, 0) is 31.1 Å². The molecule has 0 aromatic carbocycles. The van der Waals surface area contributed by atoms with Crippen molar-refractivity contribution in [3.63, 3.8) is 0 Å². The molecule has 0 aliphatic heterocycles. The smallest absolute Gasteiger partial charge is 0.303 e. The lowest BCUT2D eigenvalue weighted by atomic mass is 9.79. The number of hydrogen-bond donors (Lipinski definition) is 3. The lowest BCUT2D eigenvalue weighted by Crippen LogP contribution is -2.35. The van der Waals surface area contributed by atoms with Crippen LogP contribution in [0.2, 0.25) is 0 Å². The minimum Gasteiger partial charge on any atom is -0.481 e. The van der Waals surface area contributed by atoms with Gasteiger partial charge in [-0.2, -0.15) is 0 Å². The van der Waals surface area contributed by atoms with Gasteiger partial charge in [-0.1, -0.05) is 12.8 Å². The van der Waals surface area contributed by atoms with Crippen molar-refractivity contribution in [3.8, 4) is 0 Å². The molecule has 1 aliphatic rings. The van der Waals surface area contributed by atoms with Crippen molar-refractivity contribution in [2.24, 2.45) is 11.8 Å². The number of aliphatic hydroxyl groups is 1. The summed E-state index contributed by atoms with van der Waals surface area (Å²) in [6.45, 7) is 0.802. The lowest BCUT2D eigenvalue weighted by Gasteiger charge is -2.30. The molecule has 1 saturated carbocycles. The number of carbonyl (C=O) groups excluding carboxylic acids is 1. The van der Waals surface area contributed by atoms with Crippen molar-refractivity contribution in [3.05, 3.63) is 0 Å². The Morgan fingerprint density at radius 2 is 1.78 bits per heavy atom. The highest BCUT2D eigenvalue weighted by Crippen LogP contribution is 2.29. The highest BCUT2D eigenvalue weighted by molar-refractivity contribution is 5.76. The van der Waals surface area contributed by atoms with Crippen molar-refractivity contribution < 1.29 is 19.8 Å². The standard InChI is InChI=1S/C13H23NO4/c15-9-11-5-2-1-4-10(11)8-14-12(16)6-3-7-13(17)18/h10-11,15H,1-9H2,(H,14,16)(H,17,18). The van der Waals surface area contributed by atoms with E-state index in [0.717, 1.165) is 25.7 Å². The molecule has 2 atom stereocenters. The number of nitrogens with one attached hydrogen (secondary N) is 1. The van der Waals surface area contributed by atoms with Gasteiger partial charge in [0, 0.05) is 26.0 Å². The van der Waals surface area contributed by atoms with E-state index < -0.39 is 5.97 Å². The predicted octanol–water partition coefficient (Wildman–Crippen LogP) is 1.16. The first-order valence-electron chi connectivity index (χ1n) is 6.73. The van der Waals surface area contributed by atoms with Crippen LogP contribution in [0.25, 0.3) is 0 Å². The zero-order valence-corrected chi connectivity index (χ0v) is 10.7. The van der Waals surface area contributed by atoms with Gasteiger partial charge >= 0.3 is 5.97 Å². The first-order valence-corrected chi connectivity index (χ1v) is 6.73. The summed E-state index contributed by atoms with van der Waals surface area (Å²) >= 11 is 0. The van der Waals surface area contributed by atoms with Gasteiger partial charge in [0.15, 0.2) is 0 Å². The van der Waals surface area contributed by atoms with E-state index in [1.54, 1.807) is 0 Å². The Hall–Kier alpha value is -1.10. The molecule has 0 aromatic heterocycles. The highest BCUT2D eigenvalue weighted by Gasteiger charge is 2.24. The van der Waals surface area contributed by atoms with E-state index in [2.05, 4.69) is 5.32 Å². The summed E-state index contributed by atoms with van der Waals surface area (Å²) in [6.07, 6.45) is 5.11. The Morgan fingerprint density at radius 1 is 1.11 bits per heavy atom. The molecule has 1 aliphatic carbocycles. The fourth-order valence-electron chi connectivity index (χ4n) is 2.53. The third-order valence-corrected chi connectivity index (χ3v) is 3.66. The third-order valence-electron chi connectivity index (χ3n) is 3.66. The number of amides is 1. The number of carboxylic acids is 1. The van der Waals surface area contributed by atoms with Crippen LogP contribution in [0.5, 0.6) is 0 Å². The predicted molar refractivity (Wildman–Crippen MR) is 67.0 cm³/mol. The van der Waals surface area contributed by atoms with E-state index in [1.165, 1.54) is 0 Å². The van der Waals surface area contributed by atoms with Gasteiger partial charge in [0.1, 0.15) is 0 Å². The summed E-state index contributed by atoms with van der Waals surface area (Å²) in [5.41, 5.74) is 0. The lowest BCUT2D eigenvalue weighted by molar-refractivity contribution is -0.137. The Morgan fingerprint density at radius 3 is 2.39 bits per heavy atom. The van der Waals surface area contributed by atoms with E-state index in [0.29, 0.717) is 24.8 Å². The Labute approximate surface area is 108 Å². The van der Waals surface area contributed by atoms with Gasteiger partial charge in [0.2, 0.25) is 5.91 Å². The number of hydrogen-bond acceptors (Lipinski definition) is 3. The maximum atomic E-state index is 11.5. The molecule has 0 heterocycles. The minimum absolute atomic E-state index is 0.0378. The van der Waals surface area contributed by atoms with Crippen LogP contribution in [0.4, 0.5) is 0 Å². The van der Waals surface area contributed by atoms with Gasteiger partial charge in [0.05, 0.1) is 0 Å². The maximum Gasteiger partial charge on any atom is 0.303 e. The van der Waals surface area contributed by atoms with Crippen molar-refractivity contribution in [1.82, 2.24) is 5.32 Å². The summed E-state index contributed by atoms with van der Waals surface area (Å²) < 4.78 is 0. The first kappa shape index (κ1) is 15.0. The SMILES string of the molecule is O=C(O)CCCC(=O)NCC1CCCCC1CO. The number of rotatable bonds is 7. The Kier molecular flexibility index (Phi) is 6.72. The van der Waals surface area contributed by atoms with Gasteiger partial charge in [-0.15, -0.1) is 0 Å². The van der Waals surface area contributed by atoms with Crippen LogP contribution < -0.4 is 5.32 Å². The van der Waals surface area contributed by atoms with Gasteiger partial charge in [-0.3, -0.25) is 9.59 Å². The Bertz CT molecular complexity index is 280. The zero-order valence-electron chi connectivity index (χ0n) is 10.7. The summed E-state index contributed by atoms with van der Waals surface area (Å²) in [6, 6.07) is 0. The second-order valence-electron chi connectivity index (χ2n) is 5.04. The van der Waals surface area contributed by atoms with Crippen LogP contribution in [0, 0.1) is 11.8 Å². The molecule has 2 unspecified atom stereocenters. The molecule has 5 heteroatoms. The average molecular weight is 257 g/mol. The zero-order chi connectivity index (χ0) is 13.4. The molecule has 18 heavy (non-hydrogen) atoms. The molecule has 1 amide bonds. The minimum atomic E-state index is -0.865. The molecule has 0 aromatic rings. The fraction of sp³-hybridized carbons (Fsp3) is 0.846. The van der Waals surface area contributed by atoms with Crippen molar-refractivity contribution in [2.75, 3.05) is 13.2 Å². The van der Waals surface area contributed by atoms with E-state index in [-0.39, 0.29) is 25.4 Å². The van der Waals surface area contributed by atoms with Gasteiger partial charge in [-0.25, -0.2) is 0 Å². The first-order chi connectivity index (χ1) is 8.63. The number of carboxylic acid groups (broad SMARTS) is 1. The molecule has 104 valence electrons. The summed E-state index contributed by atoms with van der Waals surface area (Å²) in [7, 11) is 0. The van der Waals surface area contributed by atoms with Crippen molar-refractivity contribution in [2.45, 2.75) is 44.9 Å². The molecule has 1 rings (SSSR count). The molecular weight excluding hydrogens is 234 g/mol. The number of carbonyl (C=O) groups is 2. The van der Waals surface area contributed by atoms with E-state index in [9.17, 15) is 14.7 Å². The molecule has 3 N–H and O–H groups in total. The van der Waals surface area contributed by atoms with Gasteiger partial charge < -0.3 is 15.5 Å². The average Bonchev–Trinajstić information content (AvgIpc) is 2.36. The largest absolute Gasteiger partial charge is 0.481 e. The van der Waals surface area contributed by atoms with Crippen LogP contribution >= 0.6 is 0 Å². The number of aliphatic hydroxyl groups excluding tert-OH is 1. The van der Waals surface area contributed by atoms with Crippen LogP contribution in [0.3, 0.4) is 0 Å². The van der Waals surface area contributed by atoms with Gasteiger partial charge in [0.25, 0.3) is 0 Å². The van der Waals surface area contributed by atoms with Crippen LogP contribution in [-0.2, 0) is 9.59 Å². The highest BCUT2D eigenvalue weighted by atomic mass is 16.4. The molecular formula is C13H23NO4. The molecule has 0 bridgehead atoms. The topological polar surface area (TPSA) is 86.6 Å². The van der Waals surface area contributed by atoms with Crippen LogP contribution in [0.1, 0.15) is 44.9 Å². The third kappa shape index (κ3) is 5.49. The monoisotopic (exact) mass is 257 g/mol. The molecule has 1 fully saturated rings. The summed E-state index contributed by atoms with van der Waals surface area (Å²) in [5.74, 6) is -0.279. The maximum absolute atomic E-state index is 11.5. The Balaban J connectivity index is 2.18. The van der Waals surface area contributed by atoms with E-state index in [4.69, 9.17) is 5.11 Å². The van der Waals surface area contributed by atoms with E-state index >= 15 is 0 Å². The van der Waals surface area contributed by atoms with E-state index in [1.807, 2.05) is 0 Å². The second kappa shape index (κ2) is 8.08. The second-order valence-corrected chi connectivity index (χ2v) is 5.04. The van der Waals surface area contributed by atoms with Crippen LogP contribution in [-0.4, -0.2) is 35.2 Å². The quantitative estimate of drug-likeness (QED) is 0.638. The molecule has 0 spiro atoms. The summed E-state index contributed by atoms with van der Waals surface area (Å²) in [4.78, 5) is 21.8.